The molecular weight excluding hydrogens is 176 g/mol. The van der Waals surface area contributed by atoms with Gasteiger partial charge in [0.1, 0.15) is 0 Å². The van der Waals surface area contributed by atoms with Crippen molar-refractivity contribution in [2.75, 3.05) is 13.1 Å². The van der Waals surface area contributed by atoms with E-state index in [2.05, 4.69) is 0 Å². The number of nitrogens with zero attached hydrogens (tertiary/aromatic N) is 1. The number of carbonyl (C=O) groups is 1. The summed E-state index contributed by atoms with van der Waals surface area (Å²) in [5.41, 5.74) is 5.63. The molecule has 2 rings (SSSR count). The average molecular weight is 196 g/mol. The summed E-state index contributed by atoms with van der Waals surface area (Å²) in [6, 6.07) is 0.517. The van der Waals surface area contributed by atoms with E-state index in [1.807, 2.05) is 4.90 Å². The molecule has 0 aromatic heterocycles. The molecule has 14 heavy (non-hydrogen) atoms. The summed E-state index contributed by atoms with van der Waals surface area (Å²) in [5.74, 6) is 1.80. The largest absolute Gasteiger partial charge is 0.340 e. The molecule has 2 atom stereocenters. The van der Waals surface area contributed by atoms with Crippen LogP contribution in [0.3, 0.4) is 0 Å². The minimum absolute atomic E-state index is 0.240. The van der Waals surface area contributed by atoms with Crippen LogP contribution >= 0.6 is 0 Å². The molecule has 0 aromatic carbocycles. The SMILES string of the molecule is CC(=O)N1CCC1C(CCN)C1CC1. The monoisotopic (exact) mass is 196 g/mol. The Labute approximate surface area is 85.6 Å². The highest BCUT2D eigenvalue weighted by Crippen LogP contribution is 2.44. The van der Waals surface area contributed by atoms with Gasteiger partial charge in [-0.15, -0.1) is 0 Å². The van der Waals surface area contributed by atoms with Crippen LogP contribution in [0.15, 0.2) is 0 Å². The molecule has 1 aliphatic heterocycles. The van der Waals surface area contributed by atoms with Crippen LogP contribution in [0, 0.1) is 11.8 Å². The number of likely N-dealkylation sites (tertiary alicyclic amines) is 1. The normalized spacial score (nSPS) is 28.4. The van der Waals surface area contributed by atoms with E-state index in [0.717, 1.165) is 25.4 Å². The van der Waals surface area contributed by atoms with E-state index < -0.39 is 0 Å². The van der Waals surface area contributed by atoms with E-state index >= 15 is 0 Å². The summed E-state index contributed by atoms with van der Waals surface area (Å²) in [4.78, 5) is 13.3. The standard InChI is InChI=1S/C11H20N2O/c1-8(14)13-7-5-11(13)10(4-6-12)9-2-3-9/h9-11H,2-7,12H2,1H3. The van der Waals surface area contributed by atoms with Crippen molar-refractivity contribution in [2.24, 2.45) is 17.6 Å². The predicted molar refractivity (Wildman–Crippen MR) is 55.7 cm³/mol. The van der Waals surface area contributed by atoms with E-state index in [0.29, 0.717) is 12.0 Å². The summed E-state index contributed by atoms with van der Waals surface area (Å²) in [6.45, 7) is 3.41. The molecule has 3 heteroatoms. The van der Waals surface area contributed by atoms with E-state index in [1.54, 1.807) is 6.92 Å². The van der Waals surface area contributed by atoms with Crippen LogP contribution < -0.4 is 5.73 Å². The molecule has 2 aliphatic rings. The first-order valence-electron chi connectivity index (χ1n) is 5.71. The van der Waals surface area contributed by atoms with Crippen molar-refractivity contribution in [3.63, 3.8) is 0 Å². The number of amides is 1. The highest BCUT2D eigenvalue weighted by molar-refractivity contribution is 5.74. The maximum atomic E-state index is 11.3. The third kappa shape index (κ3) is 1.78. The van der Waals surface area contributed by atoms with Gasteiger partial charge >= 0.3 is 0 Å². The molecule has 0 bridgehead atoms. The average Bonchev–Trinajstić information content (AvgIpc) is 2.82. The lowest BCUT2D eigenvalue weighted by Crippen LogP contribution is -2.54. The molecule has 2 N–H and O–H groups in total. The summed E-state index contributed by atoms with van der Waals surface area (Å²) < 4.78 is 0. The molecule has 0 spiro atoms. The van der Waals surface area contributed by atoms with Crippen LogP contribution in [0.4, 0.5) is 0 Å². The molecule has 1 heterocycles. The fraction of sp³-hybridized carbons (Fsp3) is 0.909. The van der Waals surface area contributed by atoms with Crippen molar-refractivity contribution in [1.82, 2.24) is 4.90 Å². The smallest absolute Gasteiger partial charge is 0.219 e. The number of rotatable bonds is 4. The van der Waals surface area contributed by atoms with Gasteiger partial charge in [-0.05, 0) is 44.1 Å². The number of hydrogen-bond donors (Lipinski definition) is 1. The van der Waals surface area contributed by atoms with Gasteiger partial charge in [0.2, 0.25) is 5.91 Å². The van der Waals surface area contributed by atoms with Gasteiger partial charge in [0.05, 0.1) is 0 Å². The Hall–Kier alpha value is -0.570. The van der Waals surface area contributed by atoms with E-state index in [1.165, 1.54) is 19.3 Å². The maximum Gasteiger partial charge on any atom is 0.219 e. The molecule has 80 valence electrons. The zero-order valence-corrected chi connectivity index (χ0v) is 8.91. The van der Waals surface area contributed by atoms with Crippen molar-refractivity contribution in [1.29, 1.82) is 0 Å². The molecule has 1 amide bonds. The van der Waals surface area contributed by atoms with Crippen LogP contribution in [0.5, 0.6) is 0 Å². The second kappa shape index (κ2) is 3.89. The second-order valence-corrected chi connectivity index (χ2v) is 4.65. The van der Waals surface area contributed by atoms with Crippen molar-refractivity contribution in [3.8, 4) is 0 Å². The van der Waals surface area contributed by atoms with Gasteiger partial charge in [-0.2, -0.15) is 0 Å². The molecule has 0 radical (unpaired) electrons. The van der Waals surface area contributed by atoms with Gasteiger partial charge in [-0.25, -0.2) is 0 Å². The number of nitrogens with two attached hydrogens (primary N) is 1. The zero-order valence-electron chi connectivity index (χ0n) is 8.91. The Morgan fingerprint density at radius 2 is 2.21 bits per heavy atom. The lowest BCUT2D eigenvalue weighted by atomic mass is 9.83. The highest BCUT2D eigenvalue weighted by atomic mass is 16.2. The van der Waals surface area contributed by atoms with Crippen molar-refractivity contribution >= 4 is 5.91 Å². The summed E-state index contributed by atoms with van der Waals surface area (Å²) >= 11 is 0. The fourth-order valence-electron chi connectivity index (χ4n) is 2.70. The van der Waals surface area contributed by atoms with Gasteiger partial charge in [0.25, 0.3) is 0 Å². The van der Waals surface area contributed by atoms with Crippen LogP contribution in [-0.4, -0.2) is 29.9 Å². The predicted octanol–water partition coefficient (Wildman–Crippen LogP) is 0.982. The molecule has 0 aromatic rings. The number of carbonyl (C=O) groups excluding carboxylic acids is 1. The van der Waals surface area contributed by atoms with Crippen molar-refractivity contribution in [2.45, 2.75) is 38.6 Å². The summed E-state index contributed by atoms with van der Waals surface area (Å²) in [6.07, 6.45) is 5.00. The Bertz CT molecular complexity index is 225. The third-order valence-corrected chi connectivity index (χ3v) is 3.69. The molecule has 3 nitrogen and oxygen atoms in total. The van der Waals surface area contributed by atoms with Crippen LogP contribution in [0.1, 0.15) is 32.6 Å². The highest BCUT2D eigenvalue weighted by Gasteiger charge is 2.43. The van der Waals surface area contributed by atoms with Crippen LogP contribution in [-0.2, 0) is 4.79 Å². The van der Waals surface area contributed by atoms with Crippen LogP contribution in [0.2, 0.25) is 0 Å². The van der Waals surface area contributed by atoms with Gasteiger partial charge in [-0.3, -0.25) is 4.79 Å². The number of hydrogen-bond acceptors (Lipinski definition) is 2. The van der Waals surface area contributed by atoms with Gasteiger partial charge in [-0.1, -0.05) is 0 Å². The minimum Gasteiger partial charge on any atom is -0.340 e. The summed E-state index contributed by atoms with van der Waals surface area (Å²) in [7, 11) is 0. The first kappa shape index (κ1) is 9.97. The van der Waals surface area contributed by atoms with Gasteiger partial charge in [0, 0.05) is 19.5 Å². The van der Waals surface area contributed by atoms with Gasteiger partial charge < -0.3 is 10.6 Å². The zero-order chi connectivity index (χ0) is 10.1. The maximum absolute atomic E-state index is 11.3. The first-order valence-corrected chi connectivity index (χ1v) is 5.71. The molecule has 1 aliphatic carbocycles. The van der Waals surface area contributed by atoms with Crippen LogP contribution in [0.25, 0.3) is 0 Å². The molecule has 2 unspecified atom stereocenters. The molecule has 1 saturated carbocycles. The van der Waals surface area contributed by atoms with E-state index in [4.69, 9.17) is 5.73 Å². The Kier molecular flexibility index (Phi) is 2.77. The lowest BCUT2D eigenvalue weighted by Gasteiger charge is -2.45. The molecule has 2 fully saturated rings. The minimum atomic E-state index is 0.240. The fourth-order valence-corrected chi connectivity index (χ4v) is 2.70. The van der Waals surface area contributed by atoms with Crippen molar-refractivity contribution in [3.05, 3.63) is 0 Å². The molecule has 1 saturated heterocycles. The quantitative estimate of drug-likeness (QED) is 0.728. The van der Waals surface area contributed by atoms with E-state index in [-0.39, 0.29) is 5.91 Å². The van der Waals surface area contributed by atoms with Crippen molar-refractivity contribution < 1.29 is 4.79 Å². The second-order valence-electron chi connectivity index (χ2n) is 4.65. The Balaban J connectivity index is 1.93. The topological polar surface area (TPSA) is 46.3 Å². The Morgan fingerprint density at radius 3 is 2.57 bits per heavy atom. The molecular formula is C11H20N2O. The third-order valence-electron chi connectivity index (χ3n) is 3.69. The lowest BCUT2D eigenvalue weighted by molar-refractivity contribution is -0.139. The van der Waals surface area contributed by atoms with E-state index in [9.17, 15) is 4.79 Å². The Morgan fingerprint density at radius 1 is 1.50 bits per heavy atom. The summed E-state index contributed by atoms with van der Waals surface area (Å²) in [5, 5.41) is 0. The first-order chi connectivity index (χ1) is 6.74. The van der Waals surface area contributed by atoms with Gasteiger partial charge in [0.15, 0.2) is 0 Å².